The number of ether oxygens (including phenoxy) is 2. The first-order valence-corrected chi connectivity index (χ1v) is 8.09. The molecule has 1 heterocycles. The molecule has 4 atom stereocenters. The summed E-state index contributed by atoms with van der Waals surface area (Å²) in [7, 11) is 0. The molecule has 1 aliphatic carbocycles. The van der Waals surface area contributed by atoms with Gasteiger partial charge >= 0.3 is 5.97 Å². The Morgan fingerprint density at radius 3 is 2.71 bits per heavy atom. The van der Waals surface area contributed by atoms with E-state index in [9.17, 15) is 4.79 Å². The standard InChI is InChI=1S/C18H28O3/c1-11(2)8-14-10-17(19)21-18(14)20-16-9-13(5)6-7-15(16)12(3)4/h8,10,12-13,15-16,18H,6-7,9H2,1-5H3/t13-,15+,16-,18?/m0/s1. The Morgan fingerprint density at radius 2 is 2.10 bits per heavy atom. The van der Waals surface area contributed by atoms with Gasteiger partial charge in [-0.25, -0.2) is 4.79 Å². The average molecular weight is 292 g/mol. The number of rotatable bonds is 4. The third kappa shape index (κ3) is 4.19. The van der Waals surface area contributed by atoms with E-state index >= 15 is 0 Å². The number of esters is 1. The summed E-state index contributed by atoms with van der Waals surface area (Å²) in [6.45, 7) is 10.8. The molecular formula is C18H28O3. The lowest BCUT2D eigenvalue weighted by Gasteiger charge is -2.38. The largest absolute Gasteiger partial charge is 0.428 e. The maximum atomic E-state index is 11.6. The maximum absolute atomic E-state index is 11.6. The molecule has 118 valence electrons. The van der Waals surface area contributed by atoms with E-state index in [1.165, 1.54) is 12.8 Å². The Bertz CT molecular complexity index is 443. The molecule has 1 fully saturated rings. The van der Waals surface area contributed by atoms with Crippen LogP contribution in [-0.4, -0.2) is 18.4 Å². The lowest BCUT2D eigenvalue weighted by molar-refractivity contribution is -0.180. The molecule has 0 radical (unpaired) electrons. The van der Waals surface area contributed by atoms with Crippen LogP contribution in [0.3, 0.4) is 0 Å². The van der Waals surface area contributed by atoms with Crippen molar-refractivity contribution in [2.45, 2.75) is 66.3 Å². The van der Waals surface area contributed by atoms with Crippen molar-refractivity contribution in [2.24, 2.45) is 17.8 Å². The van der Waals surface area contributed by atoms with E-state index < -0.39 is 6.29 Å². The molecule has 1 saturated carbocycles. The van der Waals surface area contributed by atoms with Crippen LogP contribution in [0.1, 0.15) is 53.9 Å². The van der Waals surface area contributed by atoms with Crippen LogP contribution in [0.4, 0.5) is 0 Å². The molecule has 0 N–H and O–H groups in total. The minimum absolute atomic E-state index is 0.179. The number of cyclic esters (lactones) is 1. The molecule has 0 aromatic heterocycles. The summed E-state index contributed by atoms with van der Waals surface area (Å²) in [4.78, 5) is 11.6. The maximum Gasteiger partial charge on any atom is 0.333 e. The fraction of sp³-hybridized carbons (Fsp3) is 0.722. The highest BCUT2D eigenvalue weighted by Gasteiger charge is 2.36. The second-order valence-electron chi connectivity index (χ2n) is 7.14. The second kappa shape index (κ2) is 6.78. The van der Waals surface area contributed by atoms with Gasteiger partial charge in [0.1, 0.15) is 0 Å². The SMILES string of the molecule is CC(C)=CC1=CC(=O)OC1O[C@H]1C[C@@H](C)CC[C@@H]1C(C)C. The van der Waals surface area contributed by atoms with Gasteiger partial charge in [0.05, 0.1) is 6.10 Å². The van der Waals surface area contributed by atoms with Crippen LogP contribution in [0.25, 0.3) is 0 Å². The zero-order valence-corrected chi connectivity index (χ0v) is 13.9. The first-order chi connectivity index (χ1) is 9.86. The Hall–Kier alpha value is -1.09. The number of carbonyl (C=O) groups is 1. The van der Waals surface area contributed by atoms with E-state index in [1.54, 1.807) is 6.08 Å². The minimum atomic E-state index is -0.524. The Morgan fingerprint density at radius 1 is 1.38 bits per heavy atom. The monoisotopic (exact) mass is 292 g/mol. The molecule has 0 aromatic carbocycles. The topological polar surface area (TPSA) is 35.5 Å². The van der Waals surface area contributed by atoms with E-state index in [2.05, 4.69) is 20.8 Å². The number of hydrogen-bond donors (Lipinski definition) is 0. The van der Waals surface area contributed by atoms with Crippen molar-refractivity contribution < 1.29 is 14.3 Å². The quantitative estimate of drug-likeness (QED) is 0.727. The van der Waals surface area contributed by atoms with Gasteiger partial charge in [0, 0.05) is 11.6 Å². The molecular weight excluding hydrogens is 264 g/mol. The summed E-state index contributed by atoms with van der Waals surface area (Å²) >= 11 is 0. The number of hydrogen-bond acceptors (Lipinski definition) is 3. The van der Waals surface area contributed by atoms with Crippen molar-refractivity contribution in [3.05, 3.63) is 23.3 Å². The fourth-order valence-electron chi connectivity index (χ4n) is 3.39. The van der Waals surface area contributed by atoms with Crippen LogP contribution in [0.15, 0.2) is 23.3 Å². The molecule has 3 heteroatoms. The number of allylic oxidation sites excluding steroid dienone is 1. The van der Waals surface area contributed by atoms with Gasteiger partial charge in [-0.15, -0.1) is 0 Å². The lowest BCUT2D eigenvalue weighted by Crippen LogP contribution is -2.37. The van der Waals surface area contributed by atoms with E-state index in [4.69, 9.17) is 9.47 Å². The van der Waals surface area contributed by atoms with Crippen LogP contribution in [0.2, 0.25) is 0 Å². The first kappa shape index (κ1) is 16.3. The van der Waals surface area contributed by atoms with Gasteiger partial charge in [0.15, 0.2) is 0 Å². The first-order valence-electron chi connectivity index (χ1n) is 8.09. The molecule has 1 unspecified atom stereocenters. The van der Waals surface area contributed by atoms with Crippen LogP contribution in [-0.2, 0) is 14.3 Å². The van der Waals surface area contributed by atoms with Gasteiger partial charge in [-0.2, -0.15) is 0 Å². The van der Waals surface area contributed by atoms with Crippen LogP contribution in [0.5, 0.6) is 0 Å². The van der Waals surface area contributed by atoms with Crippen molar-refractivity contribution in [2.75, 3.05) is 0 Å². The summed E-state index contributed by atoms with van der Waals surface area (Å²) in [5.74, 6) is 1.53. The predicted molar refractivity (Wildman–Crippen MR) is 83.6 cm³/mol. The van der Waals surface area contributed by atoms with Crippen LogP contribution in [0, 0.1) is 17.8 Å². The zero-order valence-electron chi connectivity index (χ0n) is 13.9. The predicted octanol–water partition coefficient (Wildman–Crippen LogP) is 4.24. The highest BCUT2D eigenvalue weighted by molar-refractivity contribution is 5.86. The molecule has 0 bridgehead atoms. The van der Waals surface area contributed by atoms with Gasteiger partial charge < -0.3 is 9.47 Å². The van der Waals surface area contributed by atoms with Crippen LogP contribution < -0.4 is 0 Å². The molecule has 21 heavy (non-hydrogen) atoms. The average Bonchev–Trinajstić information content (AvgIpc) is 2.68. The third-order valence-corrected chi connectivity index (χ3v) is 4.49. The van der Waals surface area contributed by atoms with Gasteiger partial charge in [-0.05, 0) is 44.4 Å². The smallest absolute Gasteiger partial charge is 0.333 e. The van der Waals surface area contributed by atoms with Gasteiger partial charge in [0.25, 0.3) is 0 Å². The van der Waals surface area contributed by atoms with Gasteiger partial charge in [-0.1, -0.05) is 38.8 Å². The van der Waals surface area contributed by atoms with Crippen molar-refractivity contribution >= 4 is 5.97 Å². The molecule has 0 saturated heterocycles. The summed E-state index contributed by atoms with van der Waals surface area (Å²) in [5.41, 5.74) is 1.99. The molecule has 3 nitrogen and oxygen atoms in total. The van der Waals surface area contributed by atoms with Gasteiger partial charge in [-0.3, -0.25) is 0 Å². The van der Waals surface area contributed by atoms with Gasteiger partial charge in [0.2, 0.25) is 6.29 Å². The second-order valence-corrected chi connectivity index (χ2v) is 7.14. The summed E-state index contributed by atoms with van der Waals surface area (Å²) in [6.07, 6.45) is 6.71. The van der Waals surface area contributed by atoms with E-state index in [1.807, 2.05) is 19.9 Å². The highest BCUT2D eigenvalue weighted by Crippen LogP contribution is 2.37. The lowest BCUT2D eigenvalue weighted by atomic mass is 9.75. The van der Waals surface area contributed by atoms with E-state index in [0.717, 1.165) is 17.6 Å². The van der Waals surface area contributed by atoms with Crippen molar-refractivity contribution in [1.82, 2.24) is 0 Å². The molecule has 2 aliphatic rings. The molecule has 0 amide bonds. The van der Waals surface area contributed by atoms with Crippen LogP contribution >= 0.6 is 0 Å². The Balaban J connectivity index is 2.09. The third-order valence-electron chi connectivity index (χ3n) is 4.49. The van der Waals surface area contributed by atoms with E-state index in [-0.39, 0.29) is 12.1 Å². The zero-order chi connectivity index (χ0) is 15.6. The fourth-order valence-corrected chi connectivity index (χ4v) is 3.39. The summed E-state index contributed by atoms with van der Waals surface area (Å²) < 4.78 is 11.6. The molecule has 0 aromatic rings. The van der Waals surface area contributed by atoms with Crippen molar-refractivity contribution in [3.63, 3.8) is 0 Å². The Kier molecular flexibility index (Phi) is 5.26. The molecule has 1 aliphatic heterocycles. The molecule has 2 rings (SSSR count). The number of carbonyl (C=O) groups excluding carboxylic acids is 1. The molecule has 0 spiro atoms. The highest BCUT2D eigenvalue weighted by atomic mass is 16.7. The van der Waals surface area contributed by atoms with Crippen molar-refractivity contribution in [3.8, 4) is 0 Å². The summed E-state index contributed by atoms with van der Waals surface area (Å²) in [5, 5.41) is 0. The normalized spacial score (nSPS) is 32.9. The van der Waals surface area contributed by atoms with Crippen molar-refractivity contribution in [1.29, 1.82) is 0 Å². The van der Waals surface area contributed by atoms with E-state index in [0.29, 0.717) is 17.8 Å². The Labute approximate surface area is 128 Å². The minimum Gasteiger partial charge on any atom is -0.428 e. The summed E-state index contributed by atoms with van der Waals surface area (Å²) in [6, 6.07) is 0.